The van der Waals surface area contributed by atoms with Crippen molar-refractivity contribution in [1.82, 2.24) is 30.4 Å². The lowest BCUT2D eigenvalue weighted by atomic mass is 10.1. The van der Waals surface area contributed by atoms with Gasteiger partial charge in [-0.1, -0.05) is 12.1 Å². The Bertz CT molecular complexity index is 1440. The molecule has 40 heavy (non-hydrogen) atoms. The largest absolute Gasteiger partial charge is 0.497 e. The van der Waals surface area contributed by atoms with E-state index in [0.717, 1.165) is 18.4 Å². The number of benzene rings is 1. The van der Waals surface area contributed by atoms with Crippen molar-refractivity contribution in [1.29, 1.82) is 0 Å². The monoisotopic (exact) mass is 548 g/mol. The lowest BCUT2D eigenvalue weighted by Crippen LogP contribution is -2.46. The first kappa shape index (κ1) is 27.1. The molecule has 0 bridgehead atoms. The normalized spacial score (nSPS) is 15.6. The number of nitrogens with one attached hydrogen (secondary N) is 1. The van der Waals surface area contributed by atoms with Crippen LogP contribution in [-0.2, 0) is 27.4 Å². The van der Waals surface area contributed by atoms with Gasteiger partial charge < -0.3 is 28.5 Å². The second kappa shape index (κ2) is 12.2. The van der Waals surface area contributed by atoms with Crippen LogP contribution in [0.25, 0.3) is 11.6 Å². The number of aryl methyl sites for hydroxylation is 2. The molecule has 1 aliphatic heterocycles. The van der Waals surface area contributed by atoms with Crippen molar-refractivity contribution < 1.29 is 27.9 Å². The average molecular weight is 549 g/mol. The van der Waals surface area contributed by atoms with E-state index < -0.39 is 11.9 Å². The van der Waals surface area contributed by atoms with Crippen molar-refractivity contribution in [2.75, 3.05) is 20.3 Å². The van der Waals surface area contributed by atoms with Crippen molar-refractivity contribution in [3.8, 4) is 17.3 Å². The van der Waals surface area contributed by atoms with Gasteiger partial charge in [0, 0.05) is 19.7 Å². The maximum atomic E-state index is 13.9. The average Bonchev–Trinajstić information content (AvgIpc) is 3.77. The Kier molecular flexibility index (Phi) is 8.25. The number of rotatable bonds is 11. The SMILES string of the molecule is COc1ccc(CN(C(=O)Cn2nnc(-c3ccc(C)o3)n2)[C@H](C(=O)NC[C@@H]2CCCO2)c2ccc(C)o2)cc1. The highest BCUT2D eigenvalue weighted by molar-refractivity contribution is 5.88. The Balaban J connectivity index is 1.43. The van der Waals surface area contributed by atoms with E-state index in [1.807, 2.05) is 19.1 Å². The van der Waals surface area contributed by atoms with Gasteiger partial charge in [0.2, 0.25) is 11.7 Å². The summed E-state index contributed by atoms with van der Waals surface area (Å²) >= 11 is 0. The summed E-state index contributed by atoms with van der Waals surface area (Å²) in [6, 6.07) is 13.3. The maximum Gasteiger partial charge on any atom is 0.250 e. The van der Waals surface area contributed by atoms with Crippen LogP contribution in [0.2, 0.25) is 0 Å². The van der Waals surface area contributed by atoms with Gasteiger partial charge in [-0.25, -0.2) is 0 Å². The molecular formula is C28H32N6O6. The number of tetrazole rings is 1. The van der Waals surface area contributed by atoms with E-state index in [2.05, 4.69) is 20.7 Å². The smallest absolute Gasteiger partial charge is 0.250 e. The van der Waals surface area contributed by atoms with E-state index in [9.17, 15) is 9.59 Å². The highest BCUT2D eigenvalue weighted by Gasteiger charge is 2.35. The summed E-state index contributed by atoms with van der Waals surface area (Å²) in [6.07, 6.45) is 1.76. The highest BCUT2D eigenvalue weighted by Crippen LogP contribution is 2.27. The van der Waals surface area contributed by atoms with Crippen LogP contribution in [-0.4, -0.2) is 63.3 Å². The number of nitrogens with zero attached hydrogens (tertiary/aromatic N) is 5. The van der Waals surface area contributed by atoms with Crippen molar-refractivity contribution in [3.63, 3.8) is 0 Å². The molecule has 0 spiro atoms. The number of carbonyl (C=O) groups excluding carboxylic acids is 2. The summed E-state index contributed by atoms with van der Waals surface area (Å²) in [7, 11) is 1.59. The number of furan rings is 2. The minimum Gasteiger partial charge on any atom is -0.497 e. The molecule has 3 aromatic heterocycles. The van der Waals surface area contributed by atoms with Crippen LogP contribution in [0.5, 0.6) is 5.75 Å². The molecule has 5 rings (SSSR count). The molecule has 2 atom stereocenters. The number of aromatic nitrogens is 4. The summed E-state index contributed by atoms with van der Waals surface area (Å²) in [5, 5.41) is 15.3. The summed E-state index contributed by atoms with van der Waals surface area (Å²) in [5.74, 6) is 2.30. The fourth-order valence-electron chi connectivity index (χ4n) is 4.57. The molecule has 12 heteroatoms. The number of hydrogen-bond donors (Lipinski definition) is 1. The molecule has 1 fully saturated rings. The highest BCUT2D eigenvalue weighted by atomic mass is 16.5. The first-order valence-corrected chi connectivity index (χ1v) is 13.1. The Morgan fingerprint density at radius 2 is 1.88 bits per heavy atom. The van der Waals surface area contributed by atoms with E-state index in [1.165, 1.54) is 9.70 Å². The third-order valence-electron chi connectivity index (χ3n) is 6.64. The van der Waals surface area contributed by atoms with Crippen LogP contribution < -0.4 is 10.1 Å². The van der Waals surface area contributed by atoms with Crippen LogP contribution in [0.15, 0.2) is 57.4 Å². The Hall–Kier alpha value is -4.45. The van der Waals surface area contributed by atoms with Crippen LogP contribution >= 0.6 is 0 Å². The standard InChI is InChI=1S/C28H32N6O6/c1-18-6-12-23(39-18)26(28(36)29-15-22-5-4-14-38-22)33(16-20-8-10-21(37-3)11-9-20)25(35)17-34-31-27(30-32-34)24-13-7-19(2)40-24/h6-13,22,26H,4-5,14-17H2,1-3H3,(H,29,36)/t22-,26-/m0/s1. The Morgan fingerprint density at radius 3 is 2.52 bits per heavy atom. The zero-order chi connectivity index (χ0) is 28.1. The minimum atomic E-state index is -1.04. The molecule has 1 saturated heterocycles. The Morgan fingerprint density at radius 1 is 1.10 bits per heavy atom. The van der Waals surface area contributed by atoms with Gasteiger partial charge in [-0.15, -0.1) is 10.2 Å². The van der Waals surface area contributed by atoms with E-state index >= 15 is 0 Å². The number of methoxy groups -OCH3 is 1. The number of ether oxygens (including phenoxy) is 2. The summed E-state index contributed by atoms with van der Waals surface area (Å²) < 4.78 is 22.4. The van der Waals surface area contributed by atoms with Crippen molar-refractivity contribution in [2.45, 2.75) is 51.9 Å². The topological polar surface area (TPSA) is 138 Å². The molecule has 4 aromatic rings. The second-order valence-corrected chi connectivity index (χ2v) is 9.65. The van der Waals surface area contributed by atoms with Gasteiger partial charge in [-0.05, 0) is 73.9 Å². The first-order chi connectivity index (χ1) is 19.4. The number of carbonyl (C=O) groups is 2. The van der Waals surface area contributed by atoms with Crippen LogP contribution in [0.3, 0.4) is 0 Å². The molecule has 1 N–H and O–H groups in total. The predicted octanol–water partition coefficient (Wildman–Crippen LogP) is 3.22. The van der Waals surface area contributed by atoms with Gasteiger partial charge in [-0.2, -0.15) is 4.80 Å². The van der Waals surface area contributed by atoms with Gasteiger partial charge in [-0.3, -0.25) is 9.59 Å². The van der Waals surface area contributed by atoms with Gasteiger partial charge >= 0.3 is 0 Å². The van der Waals surface area contributed by atoms with E-state index in [0.29, 0.717) is 41.9 Å². The minimum absolute atomic E-state index is 0.0586. The summed E-state index contributed by atoms with van der Waals surface area (Å²) in [6.45, 7) is 4.49. The summed E-state index contributed by atoms with van der Waals surface area (Å²) in [4.78, 5) is 30.2. The zero-order valence-electron chi connectivity index (χ0n) is 22.7. The van der Waals surface area contributed by atoms with Crippen molar-refractivity contribution >= 4 is 11.8 Å². The quantitative estimate of drug-likeness (QED) is 0.299. The molecule has 12 nitrogen and oxygen atoms in total. The van der Waals surface area contributed by atoms with E-state index in [4.69, 9.17) is 18.3 Å². The molecule has 4 heterocycles. The molecule has 1 aliphatic rings. The van der Waals surface area contributed by atoms with Crippen molar-refractivity contribution in [3.05, 3.63) is 71.4 Å². The molecule has 0 aliphatic carbocycles. The van der Waals surface area contributed by atoms with E-state index in [-0.39, 0.29) is 30.9 Å². The molecule has 1 aromatic carbocycles. The van der Waals surface area contributed by atoms with Gasteiger partial charge in [0.1, 0.15) is 29.6 Å². The summed E-state index contributed by atoms with van der Waals surface area (Å²) in [5.41, 5.74) is 0.799. The lowest BCUT2D eigenvalue weighted by molar-refractivity contribution is -0.143. The number of amides is 2. The van der Waals surface area contributed by atoms with Crippen molar-refractivity contribution in [2.24, 2.45) is 0 Å². The third kappa shape index (κ3) is 6.40. The van der Waals surface area contributed by atoms with Crippen LogP contribution in [0, 0.1) is 13.8 Å². The lowest BCUT2D eigenvalue weighted by Gasteiger charge is -2.30. The zero-order valence-corrected chi connectivity index (χ0v) is 22.7. The Labute approximate surface area is 231 Å². The van der Waals surface area contributed by atoms with Crippen LogP contribution in [0.4, 0.5) is 0 Å². The molecule has 2 amide bonds. The molecule has 0 unspecified atom stereocenters. The fourth-order valence-corrected chi connectivity index (χ4v) is 4.57. The fraction of sp³-hybridized carbons (Fsp3) is 0.393. The van der Waals surface area contributed by atoms with E-state index in [1.54, 1.807) is 50.4 Å². The number of hydrogen-bond acceptors (Lipinski definition) is 9. The molecule has 0 radical (unpaired) electrons. The molecular weight excluding hydrogens is 516 g/mol. The van der Waals surface area contributed by atoms with Gasteiger partial charge in [0.15, 0.2) is 11.8 Å². The van der Waals surface area contributed by atoms with Gasteiger partial charge in [0.05, 0.1) is 13.2 Å². The first-order valence-electron chi connectivity index (χ1n) is 13.1. The van der Waals surface area contributed by atoms with Crippen LogP contribution in [0.1, 0.15) is 41.7 Å². The maximum absolute atomic E-state index is 13.9. The van der Waals surface area contributed by atoms with Gasteiger partial charge in [0.25, 0.3) is 5.91 Å². The predicted molar refractivity (Wildman–Crippen MR) is 142 cm³/mol. The molecule has 0 saturated carbocycles. The third-order valence-corrected chi connectivity index (χ3v) is 6.64. The molecule has 210 valence electrons. The second-order valence-electron chi connectivity index (χ2n) is 9.65.